The van der Waals surface area contributed by atoms with E-state index in [9.17, 15) is 13.2 Å². The van der Waals surface area contributed by atoms with Gasteiger partial charge in [-0.1, -0.05) is 43.7 Å². The highest BCUT2D eigenvalue weighted by atomic mass is 19.4. The van der Waals surface area contributed by atoms with E-state index < -0.39 is 11.7 Å². The zero-order chi connectivity index (χ0) is 21.2. The molecular weight excluding hydrogens is 377 g/mol. The minimum absolute atomic E-state index is 0.101. The second-order valence-electron chi connectivity index (χ2n) is 7.22. The Kier molecular flexibility index (Phi) is 5.77. The lowest BCUT2D eigenvalue weighted by atomic mass is 10.0. The molecule has 0 bridgehead atoms. The summed E-state index contributed by atoms with van der Waals surface area (Å²) in [5.41, 5.74) is 2.61. The van der Waals surface area contributed by atoms with E-state index >= 15 is 0 Å². The van der Waals surface area contributed by atoms with E-state index in [1.54, 1.807) is 19.2 Å². The van der Waals surface area contributed by atoms with Crippen LogP contribution < -0.4 is 10.2 Å². The largest absolute Gasteiger partial charge is 0.421 e. The first-order chi connectivity index (χ1) is 13.6. The number of halogens is 3. The molecule has 1 aromatic heterocycles. The molecule has 0 spiro atoms. The van der Waals surface area contributed by atoms with E-state index in [-0.39, 0.29) is 11.8 Å². The van der Waals surface area contributed by atoms with Crippen LogP contribution in [0.2, 0.25) is 0 Å². The number of nitrogens with one attached hydrogen (secondary N) is 1. The van der Waals surface area contributed by atoms with Gasteiger partial charge in [-0.25, -0.2) is 4.98 Å². The summed E-state index contributed by atoms with van der Waals surface area (Å²) >= 11 is 0. The molecule has 0 saturated carbocycles. The molecule has 4 nitrogen and oxygen atoms in total. The smallest absolute Gasteiger partial charge is 0.329 e. The summed E-state index contributed by atoms with van der Waals surface area (Å²) in [6.07, 6.45) is -3.75. The van der Waals surface area contributed by atoms with Crippen LogP contribution in [0.4, 0.5) is 36.3 Å². The van der Waals surface area contributed by atoms with Gasteiger partial charge in [-0.15, -0.1) is 0 Å². The van der Waals surface area contributed by atoms with Crippen molar-refractivity contribution < 1.29 is 13.2 Å². The third-order valence-electron chi connectivity index (χ3n) is 4.65. The first-order valence-electron chi connectivity index (χ1n) is 9.27. The maximum absolute atomic E-state index is 13.5. The lowest BCUT2D eigenvalue weighted by Crippen LogP contribution is -2.19. The third kappa shape index (κ3) is 4.85. The van der Waals surface area contributed by atoms with Crippen LogP contribution in [0.1, 0.15) is 36.5 Å². The van der Waals surface area contributed by atoms with Gasteiger partial charge in [0.2, 0.25) is 5.95 Å². The van der Waals surface area contributed by atoms with Gasteiger partial charge in [0, 0.05) is 24.6 Å². The van der Waals surface area contributed by atoms with E-state index in [1.165, 1.54) is 10.5 Å². The van der Waals surface area contributed by atoms with Gasteiger partial charge in [-0.2, -0.15) is 18.2 Å². The summed E-state index contributed by atoms with van der Waals surface area (Å²) in [7, 11) is 1.56. The third-order valence-corrected chi connectivity index (χ3v) is 4.65. The molecule has 0 amide bonds. The predicted molar refractivity (Wildman–Crippen MR) is 110 cm³/mol. The summed E-state index contributed by atoms with van der Waals surface area (Å²) in [6.45, 7) is 6.10. The Bertz CT molecular complexity index is 965. The van der Waals surface area contributed by atoms with Gasteiger partial charge in [-0.05, 0) is 42.7 Å². The summed E-state index contributed by atoms with van der Waals surface area (Å²) in [6, 6.07) is 14.9. The Morgan fingerprint density at radius 3 is 2.14 bits per heavy atom. The minimum Gasteiger partial charge on any atom is -0.329 e. The lowest BCUT2D eigenvalue weighted by Gasteiger charge is -2.23. The molecule has 3 aromatic rings. The van der Waals surface area contributed by atoms with E-state index in [2.05, 4.69) is 29.1 Å². The van der Waals surface area contributed by atoms with Gasteiger partial charge in [0.15, 0.2) is 5.82 Å². The number of benzene rings is 2. The molecule has 1 N–H and O–H groups in total. The minimum atomic E-state index is -4.56. The molecule has 0 unspecified atom stereocenters. The highest BCUT2D eigenvalue weighted by Gasteiger charge is 2.36. The van der Waals surface area contributed by atoms with Crippen molar-refractivity contribution in [3.05, 3.63) is 71.4 Å². The van der Waals surface area contributed by atoms with Crippen molar-refractivity contribution in [1.29, 1.82) is 0 Å². The van der Waals surface area contributed by atoms with Gasteiger partial charge in [-0.3, -0.25) is 0 Å². The first kappa shape index (κ1) is 20.6. The number of rotatable bonds is 5. The van der Waals surface area contributed by atoms with E-state index in [4.69, 9.17) is 0 Å². The second kappa shape index (κ2) is 8.11. The maximum atomic E-state index is 13.5. The fraction of sp³-hybridized carbons (Fsp3) is 0.273. The summed E-state index contributed by atoms with van der Waals surface area (Å²) in [4.78, 5) is 9.47. The zero-order valence-electron chi connectivity index (χ0n) is 16.7. The van der Waals surface area contributed by atoms with Crippen molar-refractivity contribution in [3.63, 3.8) is 0 Å². The molecule has 3 rings (SSSR count). The molecule has 1 heterocycles. The average Bonchev–Trinajstić information content (AvgIpc) is 2.67. The number of aromatic nitrogens is 2. The van der Waals surface area contributed by atoms with Crippen molar-refractivity contribution in [2.45, 2.75) is 32.9 Å². The van der Waals surface area contributed by atoms with E-state index in [1.807, 2.05) is 43.3 Å². The Morgan fingerprint density at radius 2 is 1.59 bits per heavy atom. The SMILES string of the molecule is Cc1ccc(N(C)c2nc(Nc3ccc(C(C)C)cc3)ncc2C(F)(F)F)cc1. The Labute approximate surface area is 168 Å². The van der Waals surface area contributed by atoms with E-state index in [0.717, 1.165) is 11.8 Å². The molecule has 29 heavy (non-hydrogen) atoms. The van der Waals surface area contributed by atoms with Crippen molar-refractivity contribution in [3.8, 4) is 0 Å². The Balaban J connectivity index is 1.96. The molecule has 7 heteroatoms. The van der Waals surface area contributed by atoms with Crippen molar-refractivity contribution >= 4 is 23.1 Å². The molecule has 0 aliphatic rings. The second-order valence-corrected chi connectivity index (χ2v) is 7.22. The number of aryl methyl sites for hydroxylation is 1. The quantitative estimate of drug-likeness (QED) is 0.535. The van der Waals surface area contributed by atoms with Crippen molar-refractivity contribution in [1.82, 2.24) is 9.97 Å². The van der Waals surface area contributed by atoms with Gasteiger partial charge in [0.05, 0.1) is 0 Å². The number of hydrogen-bond acceptors (Lipinski definition) is 4. The molecule has 0 aliphatic carbocycles. The van der Waals surface area contributed by atoms with Gasteiger partial charge >= 0.3 is 6.18 Å². The van der Waals surface area contributed by atoms with Crippen molar-refractivity contribution in [2.24, 2.45) is 0 Å². The topological polar surface area (TPSA) is 41.1 Å². The monoisotopic (exact) mass is 400 g/mol. The van der Waals surface area contributed by atoms with Gasteiger partial charge < -0.3 is 10.2 Å². The van der Waals surface area contributed by atoms with E-state index in [0.29, 0.717) is 17.3 Å². The fourth-order valence-corrected chi connectivity index (χ4v) is 2.86. The van der Waals surface area contributed by atoms with Crippen LogP contribution >= 0.6 is 0 Å². The number of alkyl halides is 3. The first-order valence-corrected chi connectivity index (χ1v) is 9.27. The van der Waals surface area contributed by atoms with Crippen molar-refractivity contribution in [2.75, 3.05) is 17.3 Å². The molecule has 0 aliphatic heterocycles. The summed E-state index contributed by atoms with van der Waals surface area (Å²) in [5, 5.41) is 2.99. The number of nitrogens with zero attached hydrogens (tertiary/aromatic N) is 3. The predicted octanol–water partition coefficient (Wildman–Crippen LogP) is 6.44. The maximum Gasteiger partial charge on any atom is 0.421 e. The standard InChI is InChI=1S/C22H23F3N4/c1-14(2)16-7-9-17(10-8-16)27-21-26-13-19(22(23,24)25)20(28-21)29(4)18-11-5-15(3)6-12-18/h5-14H,1-4H3,(H,26,27,28). The highest BCUT2D eigenvalue weighted by Crippen LogP contribution is 2.37. The molecular formula is C22H23F3N4. The van der Waals surface area contributed by atoms with Crippen LogP contribution in [-0.4, -0.2) is 17.0 Å². The molecule has 0 radical (unpaired) electrons. The fourth-order valence-electron chi connectivity index (χ4n) is 2.86. The van der Waals surface area contributed by atoms with Crippen LogP contribution in [0.15, 0.2) is 54.7 Å². The normalized spacial score (nSPS) is 11.6. The van der Waals surface area contributed by atoms with Crippen LogP contribution in [0, 0.1) is 6.92 Å². The summed E-state index contributed by atoms with van der Waals surface area (Å²) < 4.78 is 40.6. The molecule has 0 atom stereocenters. The average molecular weight is 400 g/mol. The zero-order valence-corrected chi connectivity index (χ0v) is 16.7. The Hall–Kier alpha value is -3.09. The molecule has 2 aromatic carbocycles. The number of hydrogen-bond donors (Lipinski definition) is 1. The van der Waals surface area contributed by atoms with Gasteiger partial charge in [0.25, 0.3) is 0 Å². The molecule has 152 valence electrons. The molecule has 0 fully saturated rings. The van der Waals surface area contributed by atoms with Crippen LogP contribution in [0.5, 0.6) is 0 Å². The number of anilines is 4. The highest BCUT2D eigenvalue weighted by molar-refractivity contribution is 5.65. The summed E-state index contributed by atoms with van der Waals surface area (Å²) in [5.74, 6) is 0.281. The molecule has 0 saturated heterocycles. The Morgan fingerprint density at radius 1 is 0.966 bits per heavy atom. The van der Waals surface area contributed by atoms with Gasteiger partial charge in [0.1, 0.15) is 5.56 Å². The lowest BCUT2D eigenvalue weighted by molar-refractivity contribution is -0.137. The van der Waals surface area contributed by atoms with Crippen LogP contribution in [0.3, 0.4) is 0 Å². The van der Waals surface area contributed by atoms with Crippen LogP contribution in [-0.2, 0) is 6.18 Å². The van der Waals surface area contributed by atoms with Crippen LogP contribution in [0.25, 0.3) is 0 Å².